The first-order chi connectivity index (χ1) is 9.77. The van der Waals surface area contributed by atoms with Crippen molar-refractivity contribution in [3.8, 4) is 12.4 Å². The highest BCUT2D eigenvalue weighted by Gasteiger charge is 2.16. The SMILES string of the molecule is N#CNc1cccc(C(=O)c2ccccc2)c1NC#N. The molecule has 0 aliphatic carbocycles. The number of benzene rings is 2. The molecule has 0 heterocycles. The number of carbonyl (C=O) groups is 1. The second kappa shape index (κ2) is 6.03. The number of nitrogens with one attached hydrogen (secondary N) is 2. The normalized spacial score (nSPS) is 9.10. The summed E-state index contributed by atoms with van der Waals surface area (Å²) in [6, 6.07) is 13.6. The van der Waals surface area contributed by atoms with Gasteiger partial charge in [0.25, 0.3) is 0 Å². The van der Waals surface area contributed by atoms with Crippen LogP contribution in [0.1, 0.15) is 15.9 Å². The summed E-state index contributed by atoms with van der Waals surface area (Å²) in [5, 5.41) is 22.4. The third kappa shape index (κ3) is 2.58. The Bertz CT molecular complexity index is 711. The molecule has 96 valence electrons. The molecule has 0 radical (unpaired) electrons. The Labute approximate surface area is 116 Å². The Morgan fingerprint density at radius 2 is 1.60 bits per heavy atom. The van der Waals surface area contributed by atoms with Gasteiger partial charge in [0.05, 0.1) is 11.4 Å². The molecule has 5 nitrogen and oxygen atoms in total. The highest BCUT2D eigenvalue weighted by molar-refractivity contribution is 6.14. The lowest BCUT2D eigenvalue weighted by molar-refractivity contribution is 0.103. The van der Waals surface area contributed by atoms with E-state index in [1.54, 1.807) is 54.9 Å². The number of rotatable bonds is 4. The maximum atomic E-state index is 12.4. The molecule has 2 rings (SSSR count). The van der Waals surface area contributed by atoms with Gasteiger partial charge in [0.15, 0.2) is 18.2 Å². The minimum Gasteiger partial charge on any atom is -0.291 e. The van der Waals surface area contributed by atoms with Crippen molar-refractivity contribution in [1.29, 1.82) is 10.5 Å². The molecular weight excluding hydrogens is 252 g/mol. The van der Waals surface area contributed by atoms with Gasteiger partial charge in [0, 0.05) is 11.1 Å². The van der Waals surface area contributed by atoms with Gasteiger partial charge in [-0.25, -0.2) is 0 Å². The van der Waals surface area contributed by atoms with Gasteiger partial charge in [-0.1, -0.05) is 36.4 Å². The number of ketones is 1. The smallest absolute Gasteiger partial charge is 0.195 e. The van der Waals surface area contributed by atoms with Crippen molar-refractivity contribution in [1.82, 2.24) is 0 Å². The van der Waals surface area contributed by atoms with E-state index in [9.17, 15) is 4.79 Å². The predicted octanol–water partition coefficient (Wildman–Crippen LogP) is 2.70. The van der Waals surface area contributed by atoms with Gasteiger partial charge in [-0.3, -0.25) is 15.4 Å². The fourth-order valence-corrected chi connectivity index (χ4v) is 1.84. The van der Waals surface area contributed by atoms with Gasteiger partial charge in [0.1, 0.15) is 0 Å². The topological polar surface area (TPSA) is 88.7 Å². The third-order valence-corrected chi connectivity index (χ3v) is 2.72. The standard InChI is InChI=1S/C15H10N4O/c16-9-18-13-8-4-7-12(14(13)19-10-17)15(20)11-5-2-1-3-6-11/h1-8,18-19H. The number of nitrogens with zero attached hydrogens (tertiary/aromatic N) is 2. The van der Waals surface area contributed by atoms with E-state index < -0.39 is 0 Å². The Morgan fingerprint density at radius 1 is 0.900 bits per heavy atom. The van der Waals surface area contributed by atoms with Gasteiger partial charge in [0.2, 0.25) is 0 Å². The van der Waals surface area contributed by atoms with Crippen molar-refractivity contribution in [3.05, 3.63) is 59.7 Å². The molecule has 0 unspecified atom stereocenters. The van der Waals surface area contributed by atoms with Crippen LogP contribution in [0.5, 0.6) is 0 Å². The Balaban J connectivity index is 2.52. The maximum Gasteiger partial charge on any atom is 0.195 e. The number of nitriles is 2. The zero-order valence-corrected chi connectivity index (χ0v) is 10.4. The average molecular weight is 262 g/mol. The van der Waals surface area contributed by atoms with Crippen LogP contribution in [-0.4, -0.2) is 5.78 Å². The van der Waals surface area contributed by atoms with Crippen LogP contribution in [0, 0.1) is 22.9 Å². The first kappa shape index (κ1) is 13.1. The second-order valence-electron chi connectivity index (χ2n) is 3.90. The van der Waals surface area contributed by atoms with Crippen molar-refractivity contribution in [2.45, 2.75) is 0 Å². The summed E-state index contributed by atoms with van der Waals surface area (Å²) >= 11 is 0. The van der Waals surface area contributed by atoms with Crippen molar-refractivity contribution in [3.63, 3.8) is 0 Å². The molecule has 0 bridgehead atoms. The molecule has 0 aliphatic heterocycles. The monoisotopic (exact) mass is 262 g/mol. The third-order valence-electron chi connectivity index (χ3n) is 2.72. The van der Waals surface area contributed by atoms with Crippen LogP contribution < -0.4 is 10.6 Å². The lowest BCUT2D eigenvalue weighted by atomic mass is 10.0. The summed E-state index contributed by atoms with van der Waals surface area (Å²) in [5.74, 6) is -0.218. The van der Waals surface area contributed by atoms with Crippen LogP contribution in [0.2, 0.25) is 0 Å². The number of hydrogen-bond acceptors (Lipinski definition) is 5. The maximum absolute atomic E-state index is 12.4. The van der Waals surface area contributed by atoms with Gasteiger partial charge in [-0.05, 0) is 12.1 Å². The Hall–Kier alpha value is -3.31. The molecule has 0 atom stereocenters. The molecule has 0 saturated carbocycles. The van der Waals surface area contributed by atoms with Crippen LogP contribution in [0.4, 0.5) is 11.4 Å². The number of anilines is 2. The summed E-state index contributed by atoms with van der Waals surface area (Å²) in [6.07, 6.45) is 3.56. The quantitative estimate of drug-likeness (QED) is 0.502. The van der Waals surface area contributed by atoms with E-state index >= 15 is 0 Å². The first-order valence-corrected chi connectivity index (χ1v) is 5.81. The van der Waals surface area contributed by atoms with Crippen molar-refractivity contribution in [2.24, 2.45) is 0 Å². The first-order valence-electron chi connectivity index (χ1n) is 5.81. The van der Waals surface area contributed by atoms with E-state index in [-0.39, 0.29) is 5.78 Å². The van der Waals surface area contributed by atoms with E-state index in [0.29, 0.717) is 22.5 Å². The van der Waals surface area contributed by atoms with E-state index in [1.165, 1.54) is 0 Å². The highest BCUT2D eigenvalue weighted by atomic mass is 16.1. The van der Waals surface area contributed by atoms with Crippen molar-refractivity contribution >= 4 is 17.2 Å². The molecule has 0 amide bonds. The average Bonchev–Trinajstić information content (AvgIpc) is 2.49. The fraction of sp³-hybridized carbons (Fsp3) is 0. The summed E-state index contributed by atoms with van der Waals surface area (Å²) in [5.41, 5.74) is 1.53. The lowest BCUT2D eigenvalue weighted by Gasteiger charge is -2.11. The van der Waals surface area contributed by atoms with Crippen LogP contribution in [0.25, 0.3) is 0 Å². The molecular formula is C15H10N4O. The zero-order chi connectivity index (χ0) is 14.4. The van der Waals surface area contributed by atoms with Crippen molar-refractivity contribution < 1.29 is 4.79 Å². The fourth-order valence-electron chi connectivity index (χ4n) is 1.84. The molecule has 20 heavy (non-hydrogen) atoms. The minimum absolute atomic E-state index is 0.218. The molecule has 0 aromatic heterocycles. The summed E-state index contributed by atoms with van der Waals surface area (Å²) < 4.78 is 0. The van der Waals surface area contributed by atoms with E-state index in [1.807, 2.05) is 6.07 Å². The van der Waals surface area contributed by atoms with E-state index in [4.69, 9.17) is 10.5 Å². The molecule has 0 fully saturated rings. The molecule has 2 aromatic rings. The van der Waals surface area contributed by atoms with Crippen LogP contribution in [0.15, 0.2) is 48.5 Å². The highest BCUT2D eigenvalue weighted by Crippen LogP contribution is 2.27. The lowest BCUT2D eigenvalue weighted by Crippen LogP contribution is -2.07. The molecule has 0 aliphatic rings. The summed E-state index contributed by atoms with van der Waals surface area (Å²) in [6.45, 7) is 0. The minimum atomic E-state index is -0.218. The second-order valence-corrected chi connectivity index (χ2v) is 3.90. The van der Waals surface area contributed by atoms with Gasteiger partial charge >= 0.3 is 0 Å². The molecule has 2 aromatic carbocycles. The Kier molecular flexibility index (Phi) is 3.96. The van der Waals surface area contributed by atoms with Crippen LogP contribution in [-0.2, 0) is 0 Å². The number of carbonyl (C=O) groups excluding carboxylic acids is 1. The van der Waals surface area contributed by atoms with Gasteiger partial charge < -0.3 is 0 Å². The van der Waals surface area contributed by atoms with Crippen LogP contribution in [0.3, 0.4) is 0 Å². The van der Waals surface area contributed by atoms with E-state index in [0.717, 1.165) is 0 Å². The van der Waals surface area contributed by atoms with Crippen LogP contribution >= 0.6 is 0 Å². The predicted molar refractivity (Wildman–Crippen MR) is 74.8 cm³/mol. The Morgan fingerprint density at radius 3 is 2.25 bits per heavy atom. The van der Waals surface area contributed by atoms with Gasteiger partial charge in [-0.15, -0.1) is 0 Å². The molecule has 5 heteroatoms. The van der Waals surface area contributed by atoms with Gasteiger partial charge in [-0.2, -0.15) is 10.5 Å². The summed E-state index contributed by atoms with van der Waals surface area (Å²) in [4.78, 5) is 12.4. The number of para-hydroxylation sites is 1. The number of hydrogen-bond donors (Lipinski definition) is 2. The summed E-state index contributed by atoms with van der Waals surface area (Å²) in [7, 11) is 0. The zero-order valence-electron chi connectivity index (χ0n) is 10.4. The molecule has 2 N–H and O–H groups in total. The van der Waals surface area contributed by atoms with Crippen molar-refractivity contribution in [2.75, 3.05) is 10.6 Å². The van der Waals surface area contributed by atoms with E-state index in [2.05, 4.69) is 10.6 Å². The molecule has 0 saturated heterocycles. The largest absolute Gasteiger partial charge is 0.291 e. The molecule has 0 spiro atoms.